The van der Waals surface area contributed by atoms with Crippen molar-refractivity contribution < 1.29 is 0 Å². The monoisotopic (exact) mass is 452 g/mol. The number of aromatic amines is 1. The first-order valence-electron chi connectivity index (χ1n) is 11.1. The second-order valence-electron chi connectivity index (χ2n) is 8.49. The van der Waals surface area contributed by atoms with E-state index in [2.05, 4.69) is 47.1 Å². The van der Waals surface area contributed by atoms with Crippen LogP contribution >= 0.6 is 23.1 Å². The van der Waals surface area contributed by atoms with Crippen molar-refractivity contribution in [1.29, 1.82) is 0 Å². The van der Waals surface area contributed by atoms with Crippen LogP contribution in [0.1, 0.15) is 49.5 Å². The third-order valence-corrected chi connectivity index (χ3v) is 8.74. The zero-order valence-electron chi connectivity index (χ0n) is 17.7. The van der Waals surface area contributed by atoms with Gasteiger partial charge in [-0.3, -0.25) is 4.79 Å². The molecule has 0 unspecified atom stereocenters. The molecule has 0 amide bonds. The predicted octanol–water partition coefficient (Wildman–Crippen LogP) is 5.74. The van der Waals surface area contributed by atoms with Crippen LogP contribution in [-0.4, -0.2) is 28.3 Å². The zero-order valence-corrected chi connectivity index (χ0v) is 19.3. The zero-order chi connectivity index (χ0) is 21.2. The van der Waals surface area contributed by atoms with E-state index >= 15 is 0 Å². The van der Waals surface area contributed by atoms with Gasteiger partial charge in [0.15, 0.2) is 0 Å². The Hall–Kier alpha value is -2.09. The molecule has 3 aromatic rings. The molecule has 3 N–H and O–H groups in total. The predicted molar refractivity (Wildman–Crippen MR) is 131 cm³/mol. The van der Waals surface area contributed by atoms with E-state index in [-0.39, 0.29) is 5.56 Å². The number of aromatic nitrogens is 2. The summed E-state index contributed by atoms with van der Waals surface area (Å²) in [7, 11) is 2.07. The fourth-order valence-electron chi connectivity index (χ4n) is 4.15. The molecule has 2 heterocycles. The highest BCUT2D eigenvalue weighted by Crippen LogP contribution is 2.46. The standard InChI is InChI=1S/C24H28N4OS2/c1-25-16-4-2-15(3-5-16)24-27-14-22(31-24)20-10-6-17(12-21(20)30-19-8-9-19)28-18-7-11-23(29)26-13-18/h6-7,10-16,19,25,28H,2-5,8-9H2,1H3,(H,26,29). The molecule has 0 spiro atoms. The van der Waals surface area contributed by atoms with Crippen LogP contribution in [0.25, 0.3) is 10.4 Å². The van der Waals surface area contributed by atoms with Gasteiger partial charge in [0.05, 0.1) is 15.6 Å². The number of nitrogens with one attached hydrogen (secondary N) is 3. The van der Waals surface area contributed by atoms with E-state index in [1.807, 2.05) is 23.1 Å². The van der Waals surface area contributed by atoms with Gasteiger partial charge in [-0.15, -0.1) is 23.1 Å². The van der Waals surface area contributed by atoms with Crippen LogP contribution < -0.4 is 16.2 Å². The van der Waals surface area contributed by atoms with Crippen molar-refractivity contribution in [3.8, 4) is 10.4 Å². The quantitative estimate of drug-likeness (QED) is 0.426. The molecule has 0 atom stereocenters. The lowest BCUT2D eigenvalue weighted by atomic mass is 9.86. The number of nitrogens with zero attached hydrogens (tertiary/aromatic N) is 1. The normalized spacial score (nSPS) is 21.2. The Kier molecular flexibility index (Phi) is 6.16. The van der Waals surface area contributed by atoms with Crippen LogP contribution in [0.4, 0.5) is 11.4 Å². The molecular formula is C24H28N4OS2. The largest absolute Gasteiger partial charge is 0.354 e. The Balaban J connectivity index is 1.37. The number of pyridine rings is 1. The van der Waals surface area contributed by atoms with Crippen molar-refractivity contribution in [1.82, 2.24) is 15.3 Å². The minimum absolute atomic E-state index is 0.0914. The Morgan fingerprint density at radius 2 is 1.87 bits per heavy atom. The number of hydrogen-bond donors (Lipinski definition) is 3. The summed E-state index contributed by atoms with van der Waals surface area (Å²) < 4.78 is 0. The van der Waals surface area contributed by atoms with Gasteiger partial charge in [-0.05, 0) is 63.8 Å². The molecular weight excluding hydrogens is 424 g/mol. The summed E-state index contributed by atoms with van der Waals surface area (Å²) in [5, 5.41) is 8.85. The fraction of sp³-hybridized carbons (Fsp3) is 0.417. The summed E-state index contributed by atoms with van der Waals surface area (Å²) in [6, 6.07) is 10.6. The van der Waals surface area contributed by atoms with Crippen molar-refractivity contribution in [2.75, 3.05) is 12.4 Å². The summed E-state index contributed by atoms with van der Waals surface area (Å²) in [5.41, 5.74) is 3.11. The Morgan fingerprint density at radius 1 is 1.06 bits per heavy atom. The molecule has 2 aliphatic carbocycles. The second-order valence-corrected chi connectivity index (χ2v) is 10.9. The highest BCUT2D eigenvalue weighted by molar-refractivity contribution is 8.00. The van der Waals surface area contributed by atoms with Crippen LogP contribution in [0.15, 0.2) is 52.4 Å². The van der Waals surface area contributed by atoms with Gasteiger partial charge in [-0.2, -0.15) is 0 Å². The molecule has 7 heteroatoms. The van der Waals surface area contributed by atoms with E-state index in [1.165, 1.54) is 58.9 Å². The summed E-state index contributed by atoms with van der Waals surface area (Å²) in [6.07, 6.45) is 11.3. The van der Waals surface area contributed by atoms with E-state index in [1.54, 1.807) is 18.3 Å². The summed E-state index contributed by atoms with van der Waals surface area (Å²) >= 11 is 3.85. The summed E-state index contributed by atoms with van der Waals surface area (Å²) in [5.74, 6) is 0.601. The topological polar surface area (TPSA) is 69.8 Å². The highest BCUT2D eigenvalue weighted by Gasteiger charge is 2.26. The van der Waals surface area contributed by atoms with Gasteiger partial charge in [-0.1, -0.05) is 6.07 Å². The number of hydrogen-bond acceptors (Lipinski definition) is 6. The van der Waals surface area contributed by atoms with Gasteiger partial charge in [0.2, 0.25) is 5.56 Å². The average Bonchev–Trinajstić information content (AvgIpc) is 3.48. The van der Waals surface area contributed by atoms with Gasteiger partial charge in [0.1, 0.15) is 0 Å². The van der Waals surface area contributed by atoms with Crippen molar-refractivity contribution >= 4 is 34.5 Å². The maximum atomic E-state index is 11.3. The molecule has 162 valence electrons. The summed E-state index contributed by atoms with van der Waals surface area (Å²) in [4.78, 5) is 21.5. The minimum atomic E-state index is -0.0914. The molecule has 0 aliphatic heterocycles. The average molecular weight is 453 g/mol. The van der Waals surface area contributed by atoms with Gasteiger partial charge in [0, 0.05) is 51.8 Å². The Bertz CT molecular complexity index is 1080. The van der Waals surface area contributed by atoms with Crippen molar-refractivity contribution in [2.24, 2.45) is 0 Å². The van der Waals surface area contributed by atoms with Gasteiger partial charge in [-0.25, -0.2) is 4.98 Å². The number of H-pyrrole nitrogens is 1. The lowest BCUT2D eigenvalue weighted by Crippen LogP contribution is -2.29. The van der Waals surface area contributed by atoms with E-state index in [9.17, 15) is 4.79 Å². The number of anilines is 2. The van der Waals surface area contributed by atoms with Crippen LogP contribution in [0.5, 0.6) is 0 Å². The van der Waals surface area contributed by atoms with E-state index < -0.39 is 0 Å². The summed E-state index contributed by atoms with van der Waals surface area (Å²) in [6.45, 7) is 0. The van der Waals surface area contributed by atoms with Crippen LogP contribution in [0, 0.1) is 0 Å². The molecule has 0 bridgehead atoms. The molecule has 5 nitrogen and oxygen atoms in total. The van der Waals surface area contributed by atoms with E-state index in [0.717, 1.165) is 16.6 Å². The Labute approximate surface area is 191 Å². The number of thiazole rings is 1. The van der Waals surface area contributed by atoms with Crippen molar-refractivity contribution in [3.63, 3.8) is 0 Å². The first kappa shape index (κ1) is 20.8. The fourth-order valence-corrected chi connectivity index (χ4v) is 6.57. The SMILES string of the molecule is CNC1CCC(c2ncc(-c3ccc(Nc4ccc(=O)[nH]c4)cc3SC3CC3)s2)CC1. The molecule has 1 aromatic carbocycles. The molecule has 31 heavy (non-hydrogen) atoms. The third kappa shape index (κ3) is 5.05. The van der Waals surface area contributed by atoms with Gasteiger partial charge < -0.3 is 15.6 Å². The molecule has 2 aliphatic rings. The lowest BCUT2D eigenvalue weighted by Gasteiger charge is -2.26. The maximum Gasteiger partial charge on any atom is 0.248 e. The van der Waals surface area contributed by atoms with Crippen LogP contribution in [0.3, 0.4) is 0 Å². The Morgan fingerprint density at radius 3 is 2.58 bits per heavy atom. The van der Waals surface area contributed by atoms with Crippen LogP contribution in [0.2, 0.25) is 0 Å². The third-order valence-electron chi connectivity index (χ3n) is 6.15. The van der Waals surface area contributed by atoms with Gasteiger partial charge >= 0.3 is 0 Å². The first-order valence-corrected chi connectivity index (χ1v) is 12.8. The van der Waals surface area contributed by atoms with Gasteiger partial charge in [0.25, 0.3) is 0 Å². The maximum absolute atomic E-state index is 11.3. The number of thioether (sulfide) groups is 1. The first-order chi connectivity index (χ1) is 15.2. The molecule has 2 aromatic heterocycles. The molecule has 0 radical (unpaired) electrons. The highest BCUT2D eigenvalue weighted by atomic mass is 32.2. The van der Waals surface area contributed by atoms with Crippen LogP contribution in [-0.2, 0) is 0 Å². The smallest absolute Gasteiger partial charge is 0.248 e. The number of rotatable bonds is 7. The number of benzene rings is 1. The molecule has 5 rings (SSSR count). The lowest BCUT2D eigenvalue weighted by molar-refractivity contribution is 0.358. The second kappa shape index (κ2) is 9.18. The molecule has 2 fully saturated rings. The molecule has 0 saturated heterocycles. The van der Waals surface area contributed by atoms with E-state index in [0.29, 0.717) is 12.0 Å². The minimum Gasteiger partial charge on any atom is -0.354 e. The van der Waals surface area contributed by atoms with E-state index in [4.69, 9.17) is 4.98 Å². The molecule has 2 saturated carbocycles. The van der Waals surface area contributed by atoms with Crippen molar-refractivity contribution in [3.05, 3.63) is 58.1 Å². The van der Waals surface area contributed by atoms with Crippen molar-refractivity contribution in [2.45, 2.75) is 60.6 Å².